The van der Waals surface area contributed by atoms with Crippen molar-refractivity contribution in [3.05, 3.63) is 87.9 Å². The Kier molecular flexibility index (Phi) is 8.75. The fourth-order valence-electron chi connectivity index (χ4n) is 3.11. The van der Waals surface area contributed by atoms with Gasteiger partial charge in [0, 0.05) is 15.6 Å². The Hall–Kier alpha value is -3.25. The van der Waals surface area contributed by atoms with E-state index in [2.05, 4.69) is 5.32 Å². The molecule has 0 aliphatic carbocycles. The summed E-state index contributed by atoms with van der Waals surface area (Å²) in [6.07, 6.45) is -5.64. The summed E-state index contributed by atoms with van der Waals surface area (Å²) in [5.41, 5.74) is -3.32. The Morgan fingerprint density at radius 2 is 1.51 bits per heavy atom. The standard InChI is InChI=1S/C24H16ClF7N2O2S/c1-11(23(36)34-22-20(28)18(26)17(24(30,31)32)19(27)21(22)29)37-15-4-2-3-14(10-15)33-16(35)9-12-5-7-13(25)8-6-12/h2-8,10-11H,9H2,1H3,(H,33,35)(H,34,36). The van der Waals surface area contributed by atoms with Gasteiger partial charge in [0.05, 0.1) is 11.7 Å². The highest BCUT2D eigenvalue weighted by Gasteiger charge is 2.42. The van der Waals surface area contributed by atoms with Crippen molar-refractivity contribution in [2.75, 3.05) is 10.6 Å². The Labute approximate surface area is 215 Å². The average Bonchev–Trinajstić information content (AvgIpc) is 2.81. The van der Waals surface area contributed by atoms with Crippen LogP contribution in [0.5, 0.6) is 0 Å². The number of rotatable bonds is 7. The molecule has 196 valence electrons. The van der Waals surface area contributed by atoms with Crippen LogP contribution in [0.2, 0.25) is 5.02 Å². The lowest BCUT2D eigenvalue weighted by Gasteiger charge is -2.16. The lowest BCUT2D eigenvalue weighted by Crippen LogP contribution is -2.25. The first-order valence-corrected chi connectivity index (χ1v) is 11.6. The molecule has 37 heavy (non-hydrogen) atoms. The minimum atomic E-state index is -5.70. The molecule has 13 heteroatoms. The van der Waals surface area contributed by atoms with Crippen molar-refractivity contribution in [1.29, 1.82) is 0 Å². The summed E-state index contributed by atoms with van der Waals surface area (Å²) >= 11 is 6.67. The number of anilines is 2. The van der Waals surface area contributed by atoms with E-state index in [0.29, 0.717) is 21.2 Å². The van der Waals surface area contributed by atoms with Crippen molar-refractivity contribution in [3.63, 3.8) is 0 Å². The van der Waals surface area contributed by atoms with Crippen molar-refractivity contribution in [2.45, 2.75) is 29.7 Å². The summed E-state index contributed by atoms with van der Waals surface area (Å²) in [5, 5.41) is 3.67. The zero-order valence-corrected chi connectivity index (χ0v) is 20.2. The number of thioether (sulfide) groups is 1. The Morgan fingerprint density at radius 3 is 2.08 bits per heavy atom. The van der Waals surface area contributed by atoms with E-state index in [-0.39, 0.29) is 12.3 Å². The van der Waals surface area contributed by atoms with Crippen LogP contribution >= 0.6 is 23.4 Å². The van der Waals surface area contributed by atoms with Crippen LogP contribution in [0, 0.1) is 23.3 Å². The molecule has 0 bridgehead atoms. The van der Waals surface area contributed by atoms with Crippen molar-refractivity contribution in [1.82, 2.24) is 0 Å². The third-order valence-corrected chi connectivity index (χ3v) is 6.22. The zero-order chi connectivity index (χ0) is 27.5. The molecule has 0 heterocycles. The fourth-order valence-corrected chi connectivity index (χ4v) is 4.17. The molecular formula is C24H16ClF7N2O2S. The first-order chi connectivity index (χ1) is 17.3. The van der Waals surface area contributed by atoms with Crippen LogP contribution in [0.3, 0.4) is 0 Å². The predicted molar refractivity (Wildman–Crippen MR) is 125 cm³/mol. The molecular weight excluding hydrogens is 549 g/mol. The van der Waals surface area contributed by atoms with Crippen LogP contribution in [0.15, 0.2) is 53.4 Å². The zero-order valence-electron chi connectivity index (χ0n) is 18.7. The fraction of sp³-hybridized carbons (Fsp3) is 0.167. The van der Waals surface area contributed by atoms with Gasteiger partial charge in [-0.2, -0.15) is 13.2 Å². The first-order valence-electron chi connectivity index (χ1n) is 10.3. The molecule has 0 saturated carbocycles. The predicted octanol–water partition coefficient (Wildman–Crippen LogP) is 7.22. The maximum absolute atomic E-state index is 14.1. The van der Waals surface area contributed by atoms with Gasteiger partial charge in [-0.05, 0) is 42.8 Å². The lowest BCUT2D eigenvalue weighted by atomic mass is 10.1. The molecule has 4 nitrogen and oxygen atoms in total. The van der Waals surface area contributed by atoms with Gasteiger partial charge in [-0.15, -0.1) is 11.8 Å². The smallest absolute Gasteiger partial charge is 0.326 e. The van der Waals surface area contributed by atoms with Gasteiger partial charge in [0.1, 0.15) is 11.3 Å². The third-order valence-electron chi connectivity index (χ3n) is 4.87. The van der Waals surface area contributed by atoms with Crippen molar-refractivity contribution in [2.24, 2.45) is 0 Å². The quantitative estimate of drug-likeness (QED) is 0.181. The number of carbonyl (C=O) groups excluding carboxylic acids is 2. The van der Waals surface area contributed by atoms with Crippen LogP contribution in [-0.4, -0.2) is 17.1 Å². The summed E-state index contributed by atoms with van der Waals surface area (Å²) in [5.74, 6) is -11.6. The van der Waals surface area contributed by atoms with Crippen LogP contribution in [0.4, 0.5) is 42.1 Å². The second-order valence-electron chi connectivity index (χ2n) is 7.63. The Morgan fingerprint density at radius 1 is 0.919 bits per heavy atom. The van der Waals surface area contributed by atoms with Crippen LogP contribution in [0.1, 0.15) is 18.1 Å². The van der Waals surface area contributed by atoms with E-state index >= 15 is 0 Å². The van der Waals surface area contributed by atoms with E-state index in [9.17, 15) is 40.3 Å². The van der Waals surface area contributed by atoms with Gasteiger partial charge >= 0.3 is 6.18 Å². The SMILES string of the molecule is CC(Sc1cccc(NC(=O)Cc2ccc(Cl)cc2)c1)C(=O)Nc1c(F)c(F)c(C(F)(F)F)c(F)c1F. The Balaban J connectivity index is 1.69. The van der Waals surface area contributed by atoms with Crippen molar-refractivity contribution >= 4 is 46.6 Å². The largest absolute Gasteiger partial charge is 0.422 e. The van der Waals surface area contributed by atoms with Crippen LogP contribution in [0.25, 0.3) is 0 Å². The molecule has 3 aromatic rings. The number of hydrogen-bond acceptors (Lipinski definition) is 3. The third kappa shape index (κ3) is 6.95. The maximum Gasteiger partial charge on any atom is 0.422 e. The van der Waals surface area contributed by atoms with E-state index in [1.807, 2.05) is 0 Å². The highest BCUT2D eigenvalue weighted by Crippen LogP contribution is 2.38. The average molecular weight is 565 g/mol. The number of halogens is 8. The number of hydrogen-bond donors (Lipinski definition) is 2. The molecule has 2 amide bonds. The number of benzene rings is 3. The van der Waals surface area contributed by atoms with Crippen LogP contribution in [-0.2, 0) is 22.2 Å². The lowest BCUT2D eigenvalue weighted by molar-refractivity contribution is -0.143. The van der Waals surface area contributed by atoms with Gasteiger partial charge < -0.3 is 10.6 Å². The molecule has 0 fully saturated rings. The molecule has 1 unspecified atom stereocenters. The van der Waals surface area contributed by atoms with E-state index in [0.717, 1.165) is 11.8 Å². The number of nitrogens with one attached hydrogen (secondary N) is 2. The van der Waals surface area contributed by atoms with Crippen molar-refractivity contribution in [3.8, 4) is 0 Å². The molecule has 2 N–H and O–H groups in total. The molecule has 3 rings (SSSR count). The van der Waals surface area contributed by atoms with Gasteiger partial charge in [0.15, 0.2) is 23.3 Å². The monoisotopic (exact) mass is 564 g/mol. The van der Waals surface area contributed by atoms with E-state index < -0.39 is 51.9 Å². The van der Waals surface area contributed by atoms with Crippen molar-refractivity contribution < 1.29 is 40.3 Å². The van der Waals surface area contributed by atoms with E-state index in [4.69, 9.17) is 11.6 Å². The normalized spacial score (nSPS) is 12.2. The minimum Gasteiger partial charge on any atom is -0.326 e. The number of alkyl halides is 3. The first kappa shape index (κ1) is 28.3. The highest BCUT2D eigenvalue weighted by molar-refractivity contribution is 8.00. The molecule has 0 aromatic heterocycles. The highest BCUT2D eigenvalue weighted by atomic mass is 35.5. The Bertz CT molecular complexity index is 1300. The van der Waals surface area contributed by atoms with Gasteiger partial charge in [0.25, 0.3) is 0 Å². The van der Waals surface area contributed by atoms with Gasteiger partial charge in [-0.1, -0.05) is 29.8 Å². The van der Waals surface area contributed by atoms with Gasteiger partial charge in [-0.3, -0.25) is 9.59 Å². The topological polar surface area (TPSA) is 58.2 Å². The van der Waals surface area contributed by atoms with Gasteiger partial charge in [0.2, 0.25) is 11.8 Å². The molecule has 0 aliphatic rings. The summed E-state index contributed by atoms with van der Waals surface area (Å²) in [6.45, 7) is 1.29. The molecule has 0 spiro atoms. The minimum absolute atomic E-state index is 0.0602. The maximum atomic E-state index is 14.1. The number of carbonyl (C=O) groups is 2. The van der Waals surface area contributed by atoms with E-state index in [1.165, 1.54) is 13.0 Å². The second-order valence-corrected chi connectivity index (χ2v) is 9.48. The van der Waals surface area contributed by atoms with E-state index in [1.54, 1.807) is 47.8 Å². The summed E-state index contributed by atoms with van der Waals surface area (Å²) in [4.78, 5) is 25.1. The molecule has 0 aliphatic heterocycles. The molecule has 1 atom stereocenters. The number of amides is 2. The molecule has 3 aromatic carbocycles. The molecule has 0 radical (unpaired) electrons. The second kappa shape index (κ2) is 11.4. The molecule has 0 saturated heterocycles. The summed E-state index contributed by atoms with van der Waals surface area (Å²) in [6, 6.07) is 12.9. The van der Waals surface area contributed by atoms with Gasteiger partial charge in [-0.25, -0.2) is 17.6 Å². The van der Waals surface area contributed by atoms with Crippen LogP contribution < -0.4 is 10.6 Å². The summed E-state index contributed by atoms with van der Waals surface area (Å²) in [7, 11) is 0. The summed E-state index contributed by atoms with van der Waals surface area (Å²) < 4.78 is 94.0.